The molecule has 2 rings (SSSR count). The van der Waals surface area contributed by atoms with Crippen molar-refractivity contribution in [2.45, 2.75) is 26.8 Å². The molecule has 18 heavy (non-hydrogen) atoms. The smallest absolute Gasteiger partial charge is 0.190 e. The lowest BCUT2D eigenvalue weighted by atomic mass is 10.3. The fraction of sp³-hybridized carbons (Fsp3) is 0.308. The summed E-state index contributed by atoms with van der Waals surface area (Å²) in [6.07, 6.45) is 0. The monoisotopic (exact) mass is 300 g/mol. The Bertz CT molecular complexity index is 626. The molecule has 0 saturated heterocycles. The number of aryl methyl sites for hydroxylation is 1. The summed E-state index contributed by atoms with van der Waals surface area (Å²) in [4.78, 5) is 5.60. The number of thiazole rings is 1. The van der Waals surface area contributed by atoms with Crippen LogP contribution >= 0.6 is 34.5 Å². The maximum absolute atomic E-state index is 5.99. The van der Waals surface area contributed by atoms with Gasteiger partial charge in [-0.3, -0.25) is 0 Å². The number of hydrogen-bond donors (Lipinski definition) is 0. The van der Waals surface area contributed by atoms with E-state index in [0.29, 0.717) is 16.1 Å². The normalized spacial score (nSPS) is 12.4. The molecule has 5 heteroatoms. The Labute approximate surface area is 121 Å². The van der Waals surface area contributed by atoms with Crippen LogP contribution in [-0.2, 0) is 0 Å². The second-order valence-corrected chi connectivity index (χ2v) is 5.98. The molecule has 0 radical (unpaired) electrons. The molecule has 0 aliphatic heterocycles. The molecule has 0 bridgehead atoms. The van der Waals surface area contributed by atoms with Crippen LogP contribution in [0, 0.1) is 6.92 Å². The summed E-state index contributed by atoms with van der Waals surface area (Å²) in [5, 5.41) is 3.19. The summed E-state index contributed by atoms with van der Waals surface area (Å²) in [6.45, 7) is 6.38. The fourth-order valence-corrected chi connectivity index (χ4v) is 3.08. The average molecular weight is 301 g/mol. The summed E-state index contributed by atoms with van der Waals surface area (Å²) < 4.78 is 2.20. The van der Waals surface area contributed by atoms with Gasteiger partial charge in [0.25, 0.3) is 0 Å². The van der Waals surface area contributed by atoms with Gasteiger partial charge >= 0.3 is 0 Å². The minimum absolute atomic E-state index is 0.387. The van der Waals surface area contributed by atoms with Crippen molar-refractivity contribution in [2.24, 2.45) is 4.99 Å². The summed E-state index contributed by atoms with van der Waals surface area (Å²) >= 11 is 13.5. The van der Waals surface area contributed by atoms with Gasteiger partial charge in [-0.05, 0) is 39.0 Å². The molecule has 1 heterocycles. The Morgan fingerprint density at radius 2 is 1.94 bits per heavy atom. The topological polar surface area (TPSA) is 17.3 Å². The van der Waals surface area contributed by atoms with Crippen LogP contribution in [0.1, 0.15) is 25.6 Å². The van der Waals surface area contributed by atoms with Crippen LogP contribution in [0.3, 0.4) is 0 Å². The summed E-state index contributed by atoms with van der Waals surface area (Å²) in [7, 11) is 0. The van der Waals surface area contributed by atoms with Crippen molar-refractivity contribution in [3.63, 3.8) is 0 Å². The van der Waals surface area contributed by atoms with Gasteiger partial charge in [0, 0.05) is 17.1 Å². The van der Waals surface area contributed by atoms with Gasteiger partial charge in [-0.25, -0.2) is 4.99 Å². The first kappa shape index (κ1) is 13.7. The van der Waals surface area contributed by atoms with Crippen molar-refractivity contribution in [3.8, 4) is 0 Å². The molecule has 2 aromatic rings. The molecule has 96 valence electrons. The van der Waals surface area contributed by atoms with Crippen LogP contribution in [0.4, 0.5) is 5.69 Å². The van der Waals surface area contributed by atoms with Crippen molar-refractivity contribution < 1.29 is 0 Å². The van der Waals surface area contributed by atoms with E-state index in [1.807, 2.05) is 6.07 Å². The van der Waals surface area contributed by atoms with Crippen molar-refractivity contribution >= 4 is 40.2 Å². The Balaban J connectivity index is 2.54. The Morgan fingerprint density at radius 3 is 2.56 bits per heavy atom. The van der Waals surface area contributed by atoms with E-state index in [9.17, 15) is 0 Å². The van der Waals surface area contributed by atoms with Crippen LogP contribution < -0.4 is 4.80 Å². The lowest BCUT2D eigenvalue weighted by molar-refractivity contribution is 0.570. The first-order valence-electron chi connectivity index (χ1n) is 5.65. The van der Waals surface area contributed by atoms with Crippen molar-refractivity contribution in [3.05, 3.63) is 44.1 Å². The molecule has 0 unspecified atom stereocenters. The molecule has 1 aromatic carbocycles. The van der Waals surface area contributed by atoms with Gasteiger partial charge in [0.05, 0.1) is 15.7 Å². The summed E-state index contributed by atoms with van der Waals surface area (Å²) in [5.41, 5.74) is 2.04. The van der Waals surface area contributed by atoms with E-state index in [0.717, 1.165) is 10.5 Å². The van der Waals surface area contributed by atoms with Gasteiger partial charge in [-0.1, -0.05) is 23.2 Å². The molecule has 0 N–H and O–H groups in total. The second-order valence-electron chi connectivity index (χ2n) is 4.33. The van der Waals surface area contributed by atoms with Gasteiger partial charge in [0.1, 0.15) is 0 Å². The third-order valence-corrected chi connectivity index (χ3v) is 4.26. The highest BCUT2D eigenvalue weighted by molar-refractivity contribution is 7.07. The minimum atomic E-state index is 0.387. The van der Waals surface area contributed by atoms with Crippen LogP contribution in [0.5, 0.6) is 0 Å². The van der Waals surface area contributed by atoms with Gasteiger partial charge in [-0.15, -0.1) is 11.3 Å². The van der Waals surface area contributed by atoms with E-state index >= 15 is 0 Å². The van der Waals surface area contributed by atoms with Gasteiger partial charge in [-0.2, -0.15) is 0 Å². The van der Waals surface area contributed by atoms with Crippen LogP contribution in [-0.4, -0.2) is 4.57 Å². The van der Waals surface area contributed by atoms with Crippen molar-refractivity contribution in [1.82, 2.24) is 4.57 Å². The first-order chi connectivity index (χ1) is 8.49. The van der Waals surface area contributed by atoms with E-state index in [4.69, 9.17) is 23.2 Å². The molecular formula is C13H14Cl2N2S. The fourth-order valence-electron chi connectivity index (χ4n) is 1.78. The highest BCUT2D eigenvalue weighted by Gasteiger charge is 2.05. The standard InChI is InChI=1S/C13H14Cl2N2S/c1-8(2)17-9(3)7-18-13(17)16-10-4-5-11(14)12(15)6-10/h4-8H,1-3H3. The van der Waals surface area contributed by atoms with Gasteiger partial charge in [0.15, 0.2) is 4.80 Å². The average Bonchev–Trinajstić information content (AvgIpc) is 2.65. The van der Waals surface area contributed by atoms with Gasteiger partial charge < -0.3 is 4.57 Å². The van der Waals surface area contributed by atoms with Crippen LogP contribution in [0.2, 0.25) is 10.0 Å². The molecule has 0 fully saturated rings. The molecular weight excluding hydrogens is 287 g/mol. The maximum atomic E-state index is 5.99. The third-order valence-electron chi connectivity index (χ3n) is 2.57. The molecule has 0 spiro atoms. The number of benzene rings is 1. The zero-order chi connectivity index (χ0) is 13.3. The summed E-state index contributed by atoms with van der Waals surface area (Å²) in [6, 6.07) is 5.80. The minimum Gasteiger partial charge on any atom is -0.319 e. The van der Waals surface area contributed by atoms with E-state index in [2.05, 4.69) is 35.7 Å². The maximum Gasteiger partial charge on any atom is 0.190 e. The SMILES string of the molecule is Cc1csc(=Nc2ccc(Cl)c(Cl)c2)n1C(C)C. The van der Waals surface area contributed by atoms with E-state index in [-0.39, 0.29) is 0 Å². The Hall–Kier alpha value is -0.770. The number of hydrogen-bond acceptors (Lipinski definition) is 2. The predicted molar refractivity (Wildman–Crippen MR) is 79.1 cm³/mol. The Morgan fingerprint density at radius 1 is 1.22 bits per heavy atom. The van der Waals surface area contributed by atoms with E-state index in [1.54, 1.807) is 23.5 Å². The molecule has 0 saturated carbocycles. The third kappa shape index (κ3) is 2.79. The number of aromatic nitrogens is 1. The highest BCUT2D eigenvalue weighted by Crippen LogP contribution is 2.26. The van der Waals surface area contributed by atoms with Gasteiger partial charge in [0.2, 0.25) is 0 Å². The lowest BCUT2D eigenvalue weighted by Gasteiger charge is -2.09. The first-order valence-corrected chi connectivity index (χ1v) is 7.29. The molecule has 0 atom stereocenters. The molecule has 0 aliphatic carbocycles. The van der Waals surface area contributed by atoms with Crippen molar-refractivity contribution in [2.75, 3.05) is 0 Å². The number of rotatable bonds is 2. The molecule has 1 aromatic heterocycles. The highest BCUT2D eigenvalue weighted by atomic mass is 35.5. The van der Waals surface area contributed by atoms with Crippen LogP contribution in [0.25, 0.3) is 0 Å². The van der Waals surface area contributed by atoms with E-state index in [1.165, 1.54) is 5.69 Å². The zero-order valence-corrected chi connectivity index (χ0v) is 12.8. The molecule has 0 amide bonds. The van der Waals surface area contributed by atoms with Crippen LogP contribution in [0.15, 0.2) is 28.6 Å². The summed E-state index contributed by atoms with van der Waals surface area (Å²) in [5.74, 6) is 0. The largest absolute Gasteiger partial charge is 0.319 e. The lowest BCUT2D eigenvalue weighted by Crippen LogP contribution is -2.17. The molecule has 0 aliphatic rings. The Kier molecular flexibility index (Phi) is 4.15. The zero-order valence-electron chi connectivity index (χ0n) is 10.4. The van der Waals surface area contributed by atoms with E-state index < -0.39 is 0 Å². The second kappa shape index (κ2) is 5.47. The number of nitrogens with zero attached hydrogens (tertiary/aromatic N) is 2. The number of halogens is 2. The quantitative estimate of drug-likeness (QED) is 0.744. The van der Waals surface area contributed by atoms with Crippen molar-refractivity contribution in [1.29, 1.82) is 0 Å². The molecule has 2 nitrogen and oxygen atoms in total. The predicted octanol–water partition coefficient (Wildman–Crippen LogP) is 4.98.